The molecule has 0 spiro atoms. The zero-order valence-corrected chi connectivity index (χ0v) is 14.2. The van der Waals surface area contributed by atoms with E-state index in [1.54, 1.807) is 19.2 Å². The van der Waals surface area contributed by atoms with Gasteiger partial charge >= 0.3 is 0 Å². The smallest absolute Gasteiger partial charge is 0.234 e. The van der Waals surface area contributed by atoms with Crippen molar-refractivity contribution >= 4 is 18.3 Å². The van der Waals surface area contributed by atoms with Crippen LogP contribution in [0.2, 0.25) is 0 Å². The van der Waals surface area contributed by atoms with Crippen molar-refractivity contribution < 1.29 is 13.9 Å². The molecule has 1 saturated heterocycles. The number of hydrogen-bond acceptors (Lipinski definition) is 4. The second-order valence-corrected chi connectivity index (χ2v) is 5.65. The van der Waals surface area contributed by atoms with Gasteiger partial charge in [-0.25, -0.2) is 4.39 Å². The van der Waals surface area contributed by atoms with Crippen molar-refractivity contribution in [3.8, 4) is 0 Å². The van der Waals surface area contributed by atoms with E-state index in [9.17, 15) is 9.18 Å². The maximum absolute atomic E-state index is 12.8. The third kappa shape index (κ3) is 6.06. The predicted molar refractivity (Wildman–Crippen MR) is 89.9 cm³/mol. The zero-order chi connectivity index (χ0) is 15.9. The molecule has 1 aliphatic heterocycles. The van der Waals surface area contributed by atoms with E-state index in [4.69, 9.17) is 10.5 Å². The van der Waals surface area contributed by atoms with Crippen molar-refractivity contribution in [3.05, 3.63) is 35.6 Å². The third-order valence-corrected chi connectivity index (χ3v) is 4.14. The van der Waals surface area contributed by atoms with Crippen molar-refractivity contribution in [3.63, 3.8) is 0 Å². The van der Waals surface area contributed by atoms with E-state index in [0.717, 1.165) is 24.9 Å². The van der Waals surface area contributed by atoms with Gasteiger partial charge < -0.3 is 15.8 Å². The summed E-state index contributed by atoms with van der Waals surface area (Å²) >= 11 is 0. The lowest BCUT2D eigenvalue weighted by atomic mass is 9.99. The molecule has 1 aliphatic rings. The molecule has 3 N–H and O–H groups in total. The molecule has 7 heteroatoms. The van der Waals surface area contributed by atoms with Crippen LogP contribution in [-0.4, -0.2) is 49.7 Å². The monoisotopic (exact) mass is 345 g/mol. The van der Waals surface area contributed by atoms with E-state index in [0.29, 0.717) is 19.6 Å². The largest absolute Gasteiger partial charge is 0.381 e. The number of methoxy groups -OCH3 is 1. The maximum atomic E-state index is 12.8. The summed E-state index contributed by atoms with van der Waals surface area (Å²) in [6.07, 6.45) is 2.00. The lowest BCUT2D eigenvalue weighted by Gasteiger charge is -2.37. The number of rotatable bonds is 6. The highest BCUT2D eigenvalue weighted by atomic mass is 35.5. The number of likely N-dealkylation sites (tertiary alicyclic amines) is 1. The highest BCUT2D eigenvalue weighted by Gasteiger charge is 2.28. The van der Waals surface area contributed by atoms with Crippen molar-refractivity contribution in [1.29, 1.82) is 0 Å². The Balaban J connectivity index is 0.00000264. The molecule has 0 aromatic heterocycles. The minimum atomic E-state index is -0.276. The number of nitrogens with zero attached hydrogens (tertiary/aromatic N) is 1. The van der Waals surface area contributed by atoms with Crippen LogP contribution in [0, 0.1) is 5.82 Å². The quantitative estimate of drug-likeness (QED) is 0.815. The Morgan fingerprint density at radius 1 is 1.43 bits per heavy atom. The number of ether oxygens (including phenoxy) is 1. The van der Waals surface area contributed by atoms with Crippen LogP contribution >= 0.6 is 12.4 Å². The lowest BCUT2D eigenvalue weighted by Crippen LogP contribution is -2.51. The van der Waals surface area contributed by atoms with E-state index >= 15 is 0 Å². The lowest BCUT2D eigenvalue weighted by molar-refractivity contribution is -0.124. The average molecular weight is 346 g/mol. The van der Waals surface area contributed by atoms with Crippen LogP contribution in [0.5, 0.6) is 0 Å². The van der Waals surface area contributed by atoms with Crippen molar-refractivity contribution in [1.82, 2.24) is 10.2 Å². The van der Waals surface area contributed by atoms with Crippen LogP contribution in [0.1, 0.15) is 18.4 Å². The summed E-state index contributed by atoms with van der Waals surface area (Å²) < 4.78 is 18.2. The van der Waals surface area contributed by atoms with E-state index in [2.05, 4.69) is 10.2 Å². The minimum Gasteiger partial charge on any atom is -0.381 e. The highest BCUT2D eigenvalue weighted by Crippen LogP contribution is 2.18. The number of benzene rings is 1. The molecule has 0 aliphatic carbocycles. The number of hydrogen-bond donors (Lipinski definition) is 2. The Bertz CT molecular complexity index is 487. The Morgan fingerprint density at radius 2 is 2.13 bits per heavy atom. The summed E-state index contributed by atoms with van der Waals surface area (Å²) in [5.41, 5.74) is 6.68. The van der Waals surface area contributed by atoms with Gasteiger partial charge in [0.25, 0.3) is 0 Å². The second-order valence-electron chi connectivity index (χ2n) is 5.65. The highest BCUT2D eigenvalue weighted by molar-refractivity contribution is 5.85. The molecule has 0 bridgehead atoms. The standard InChI is InChI=1S/C16H24FN3O2.ClH/c1-22-15-6-7-20(14(8-15)9-18)11-16(21)19-10-12-2-4-13(17)5-3-12;/h2-5,14-15H,6-11,18H2,1H3,(H,19,21);1H. The first-order chi connectivity index (χ1) is 10.6. The van der Waals surface area contributed by atoms with Crippen LogP contribution in [-0.2, 0) is 16.1 Å². The van der Waals surface area contributed by atoms with Crippen molar-refractivity contribution in [2.75, 3.05) is 26.7 Å². The molecule has 1 aromatic carbocycles. The van der Waals surface area contributed by atoms with Gasteiger partial charge in [0.1, 0.15) is 5.82 Å². The number of carbonyl (C=O) groups excluding carboxylic acids is 1. The van der Waals surface area contributed by atoms with E-state index in [1.807, 2.05) is 0 Å². The van der Waals surface area contributed by atoms with Crippen LogP contribution in [0.25, 0.3) is 0 Å². The fourth-order valence-corrected chi connectivity index (χ4v) is 2.77. The van der Waals surface area contributed by atoms with Gasteiger partial charge in [-0.1, -0.05) is 12.1 Å². The number of amides is 1. The molecule has 1 aromatic rings. The normalized spacial score (nSPS) is 21.5. The van der Waals surface area contributed by atoms with Crippen LogP contribution < -0.4 is 11.1 Å². The van der Waals surface area contributed by atoms with Crippen molar-refractivity contribution in [2.24, 2.45) is 5.73 Å². The number of nitrogens with one attached hydrogen (secondary N) is 1. The van der Waals surface area contributed by atoms with E-state index in [1.165, 1.54) is 12.1 Å². The first-order valence-electron chi connectivity index (χ1n) is 7.60. The van der Waals surface area contributed by atoms with Gasteiger partial charge in [0.2, 0.25) is 5.91 Å². The number of piperidine rings is 1. The third-order valence-electron chi connectivity index (χ3n) is 4.14. The molecular weight excluding hydrogens is 321 g/mol. The summed E-state index contributed by atoms with van der Waals surface area (Å²) in [6.45, 7) is 2.07. The molecule has 1 amide bonds. The van der Waals surface area contributed by atoms with E-state index in [-0.39, 0.29) is 36.3 Å². The topological polar surface area (TPSA) is 67.6 Å². The molecule has 2 atom stereocenters. The van der Waals surface area contributed by atoms with Gasteiger partial charge in [0.15, 0.2) is 0 Å². The number of halogens is 2. The molecular formula is C16H25ClFN3O2. The van der Waals surface area contributed by atoms with Crippen LogP contribution in [0.3, 0.4) is 0 Å². The Morgan fingerprint density at radius 3 is 2.74 bits per heavy atom. The molecule has 0 saturated carbocycles. The van der Waals surface area contributed by atoms with Gasteiger partial charge in [-0.3, -0.25) is 9.69 Å². The van der Waals surface area contributed by atoms with Crippen LogP contribution in [0.4, 0.5) is 4.39 Å². The minimum absolute atomic E-state index is 0. The fraction of sp³-hybridized carbons (Fsp3) is 0.562. The summed E-state index contributed by atoms with van der Waals surface area (Å²) in [7, 11) is 1.71. The summed E-state index contributed by atoms with van der Waals surface area (Å²) in [6, 6.07) is 6.29. The summed E-state index contributed by atoms with van der Waals surface area (Å²) in [5.74, 6) is -0.319. The first-order valence-corrected chi connectivity index (χ1v) is 7.60. The van der Waals surface area contributed by atoms with Crippen LogP contribution in [0.15, 0.2) is 24.3 Å². The zero-order valence-electron chi connectivity index (χ0n) is 13.3. The molecule has 1 fully saturated rings. The summed E-state index contributed by atoms with van der Waals surface area (Å²) in [4.78, 5) is 14.2. The van der Waals surface area contributed by atoms with Gasteiger partial charge in [0, 0.05) is 32.8 Å². The van der Waals surface area contributed by atoms with Gasteiger partial charge in [-0.15, -0.1) is 12.4 Å². The average Bonchev–Trinajstić information content (AvgIpc) is 2.54. The van der Waals surface area contributed by atoms with E-state index < -0.39 is 0 Å². The SMILES string of the molecule is COC1CCN(CC(=O)NCc2ccc(F)cc2)C(CN)C1.Cl. The number of nitrogens with two attached hydrogens (primary N) is 1. The molecule has 1 heterocycles. The van der Waals surface area contributed by atoms with Gasteiger partial charge in [0.05, 0.1) is 12.6 Å². The first kappa shape index (κ1) is 19.8. The molecule has 23 heavy (non-hydrogen) atoms. The van der Waals surface area contributed by atoms with Crippen molar-refractivity contribution in [2.45, 2.75) is 31.5 Å². The van der Waals surface area contributed by atoms with Gasteiger partial charge in [-0.05, 0) is 30.5 Å². The Hall–Kier alpha value is -1.21. The Labute approximate surface area is 142 Å². The fourth-order valence-electron chi connectivity index (χ4n) is 2.77. The number of carbonyl (C=O) groups is 1. The predicted octanol–water partition coefficient (Wildman–Crippen LogP) is 1.30. The molecule has 2 rings (SSSR count). The molecule has 2 unspecified atom stereocenters. The molecule has 0 radical (unpaired) electrons. The second kappa shape index (κ2) is 9.82. The summed E-state index contributed by atoms with van der Waals surface area (Å²) in [5, 5.41) is 2.86. The Kier molecular flexibility index (Phi) is 8.47. The maximum Gasteiger partial charge on any atom is 0.234 e. The molecule has 130 valence electrons. The van der Waals surface area contributed by atoms with Gasteiger partial charge in [-0.2, -0.15) is 0 Å². The molecule has 5 nitrogen and oxygen atoms in total.